The fraction of sp³-hybridized carbons (Fsp3) is 0.0667. The number of hydrogen-bond acceptors (Lipinski definition) is 1. The lowest BCUT2D eigenvalue weighted by Gasteiger charge is -2.05. The molecule has 2 aromatic carbocycles. The summed E-state index contributed by atoms with van der Waals surface area (Å²) < 4.78 is 0. The Bertz CT molecular complexity index is 472. The number of hydrogen-bond donors (Lipinski definition) is 1. The Balaban J connectivity index is 2.45. The zero-order chi connectivity index (χ0) is 11.2. The van der Waals surface area contributed by atoms with Crippen molar-refractivity contribution in [3.63, 3.8) is 0 Å². The SMILES string of the molecule is NCC=Cc1ccccc1-c1ccccc1. The summed E-state index contributed by atoms with van der Waals surface area (Å²) in [6.45, 7) is 0.573. The van der Waals surface area contributed by atoms with E-state index in [0.29, 0.717) is 6.54 Å². The summed E-state index contributed by atoms with van der Waals surface area (Å²) >= 11 is 0. The van der Waals surface area contributed by atoms with Crippen LogP contribution in [0.4, 0.5) is 0 Å². The average Bonchev–Trinajstić information content (AvgIpc) is 2.38. The molecule has 0 atom stereocenters. The molecule has 0 saturated heterocycles. The van der Waals surface area contributed by atoms with E-state index in [1.54, 1.807) is 0 Å². The molecule has 0 unspecified atom stereocenters. The third-order valence-electron chi connectivity index (χ3n) is 2.48. The van der Waals surface area contributed by atoms with Crippen molar-refractivity contribution in [1.82, 2.24) is 0 Å². The molecule has 0 fully saturated rings. The van der Waals surface area contributed by atoms with Gasteiger partial charge in [-0.05, 0) is 16.7 Å². The Labute approximate surface area is 96.2 Å². The van der Waals surface area contributed by atoms with Gasteiger partial charge >= 0.3 is 0 Å². The van der Waals surface area contributed by atoms with Crippen LogP contribution in [0.1, 0.15) is 5.56 Å². The van der Waals surface area contributed by atoms with Crippen LogP contribution < -0.4 is 5.73 Å². The van der Waals surface area contributed by atoms with Crippen LogP contribution >= 0.6 is 0 Å². The van der Waals surface area contributed by atoms with E-state index in [0.717, 1.165) is 0 Å². The molecule has 0 aliphatic carbocycles. The van der Waals surface area contributed by atoms with E-state index in [-0.39, 0.29) is 0 Å². The topological polar surface area (TPSA) is 26.0 Å². The van der Waals surface area contributed by atoms with Gasteiger partial charge in [0, 0.05) is 6.54 Å². The van der Waals surface area contributed by atoms with Gasteiger partial charge in [-0.2, -0.15) is 0 Å². The van der Waals surface area contributed by atoms with Crippen LogP contribution in [0.15, 0.2) is 60.7 Å². The molecule has 0 radical (unpaired) electrons. The maximum absolute atomic E-state index is 5.48. The van der Waals surface area contributed by atoms with Crippen LogP contribution in [0.2, 0.25) is 0 Å². The van der Waals surface area contributed by atoms with Crippen LogP contribution in [-0.2, 0) is 0 Å². The lowest BCUT2D eigenvalue weighted by Crippen LogP contribution is -1.92. The molecule has 0 aromatic heterocycles. The first-order chi connectivity index (χ1) is 7.92. The van der Waals surface area contributed by atoms with Crippen molar-refractivity contribution in [2.24, 2.45) is 5.73 Å². The first-order valence-corrected chi connectivity index (χ1v) is 5.43. The molecule has 0 heterocycles. The highest BCUT2D eigenvalue weighted by molar-refractivity contribution is 5.75. The molecular weight excluding hydrogens is 194 g/mol. The van der Waals surface area contributed by atoms with Gasteiger partial charge < -0.3 is 5.73 Å². The van der Waals surface area contributed by atoms with Crippen molar-refractivity contribution in [2.75, 3.05) is 6.54 Å². The Morgan fingerprint density at radius 2 is 1.56 bits per heavy atom. The van der Waals surface area contributed by atoms with Gasteiger partial charge in [-0.1, -0.05) is 66.7 Å². The molecule has 0 amide bonds. The number of benzene rings is 2. The van der Waals surface area contributed by atoms with E-state index in [1.807, 2.05) is 18.2 Å². The summed E-state index contributed by atoms with van der Waals surface area (Å²) in [6, 6.07) is 18.7. The molecule has 1 nitrogen and oxygen atoms in total. The van der Waals surface area contributed by atoms with Crippen molar-refractivity contribution in [3.8, 4) is 11.1 Å². The summed E-state index contributed by atoms with van der Waals surface area (Å²) in [5.74, 6) is 0. The van der Waals surface area contributed by atoms with Crippen molar-refractivity contribution in [2.45, 2.75) is 0 Å². The summed E-state index contributed by atoms with van der Waals surface area (Å²) in [5, 5.41) is 0. The third kappa shape index (κ3) is 2.38. The Kier molecular flexibility index (Phi) is 3.52. The van der Waals surface area contributed by atoms with Crippen molar-refractivity contribution in [1.29, 1.82) is 0 Å². The summed E-state index contributed by atoms with van der Waals surface area (Å²) in [7, 11) is 0. The highest BCUT2D eigenvalue weighted by Gasteiger charge is 2.00. The molecule has 2 N–H and O–H groups in total. The predicted molar refractivity (Wildman–Crippen MR) is 70.0 cm³/mol. The molecular formula is C15H15N. The Morgan fingerprint density at radius 3 is 2.31 bits per heavy atom. The molecule has 0 aliphatic rings. The highest BCUT2D eigenvalue weighted by atomic mass is 14.5. The summed E-state index contributed by atoms with van der Waals surface area (Å²) in [4.78, 5) is 0. The Morgan fingerprint density at radius 1 is 0.875 bits per heavy atom. The van der Waals surface area contributed by atoms with E-state index in [1.165, 1.54) is 16.7 Å². The molecule has 2 aromatic rings. The monoisotopic (exact) mass is 209 g/mol. The van der Waals surface area contributed by atoms with Crippen molar-refractivity contribution in [3.05, 3.63) is 66.2 Å². The number of nitrogens with two attached hydrogens (primary N) is 1. The summed E-state index contributed by atoms with van der Waals surface area (Å²) in [5.41, 5.74) is 9.17. The van der Waals surface area contributed by atoms with Gasteiger partial charge in [0.15, 0.2) is 0 Å². The lowest BCUT2D eigenvalue weighted by molar-refractivity contribution is 1.26. The normalized spacial score (nSPS) is 10.8. The fourth-order valence-electron chi connectivity index (χ4n) is 1.72. The van der Waals surface area contributed by atoms with Crippen molar-refractivity contribution >= 4 is 6.08 Å². The Hall–Kier alpha value is -1.86. The zero-order valence-electron chi connectivity index (χ0n) is 9.14. The zero-order valence-corrected chi connectivity index (χ0v) is 9.14. The lowest BCUT2D eigenvalue weighted by atomic mass is 9.99. The minimum Gasteiger partial charge on any atom is -0.327 e. The molecule has 0 bridgehead atoms. The van der Waals surface area contributed by atoms with Gasteiger partial charge in [0.2, 0.25) is 0 Å². The molecule has 2 rings (SSSR count). The van der Waals surface area contributed by atoms with E-state index >= 15 is 0 Å². The highest BCUT2D eigenvalue weighted by Crippen LogP contribution is 2.24. The quantitative estimate of drug-likeness (QED) is 0.824. The van der Waals surface area contributed by atoms with Gasteiger partial charge in [0.1, 0.15) is 0 Å². The largest absolute Gasteiger partial charge is 0.327 e. The van der Waals surface area contributed by atoms with Crippen molar-refractivity contribution < 1.29 is 0 Å². The minimum atomic E-state index is 0.573. The second kappa shape index (κ2) is 5.29. The molecule has 1 heteroatoms. The van der Waals surface area contributed by atoms with E-state index in [9.17, 15) is 0 Å². The van der Waals surface area contributed by atoms with Crippen LogP contribution in [0.25, 0.3) is 17.2 Å². The van der Waals surface area contributed by atoms with Crippen LogP contribution in [-0.4, -0.2) is 6.54 Å². The minimum absolute atomic E-state index is 0.573. The fourth-order valence-corrected chi connectivity index (χ4v) is 1.72. The van der Waals surface area contributed by atoms with E-state index in [2.05, 4.69) is 48.5 Å². The van der Waals surface area contributed by atoms with Crippen LogP contribution in [0.5, 0.6) is 0 Å². The second-order valence-electron chi connectivity index (χ2n) is 3.59. The number of rotatable bonds is 3. The van der Waals surface area contributed by atoms with E-state index in [4.69, 9.17) is 5.73 Å². The van der Waals surface area contributed by atoms with E-state index < -0.39 is 0 Å². The first-order valence-electron chi connectivity index (χ1n) is 5.43. The predicted octanol–water partition coefficient (Wildman–Crippen LogP) is 3.33. The van der Waals surface area contributed by atoms with Gasteiger partial charge in [-0.25, -0.2) is 0 Å². The van der Waals surface area contributed by atoms with Gasteiger partial charge in [0.05, 0.1) is 0 Å². The van der Waals surface area contributed by atoms with Crippen LogP contribution in [0, 0.1) is 0 Å². The first kappa shape index (κ1) is 10.7. The maximum atomic E-state index is 5.48. The van der Waals surface area contributed by atoms with Crippen LogP contribution in [0.3, 0.4) is 0 Å². The van der Waals surface area contributed by atoms with Gasteiger partial charge in [0.25, 0.3) is 0 Å². The second-order valence-corrected chi connectivity index (χ2v) is 3.59. The third-order valence-corrected chi connectivity index (χ3v) is 2.48. The molecule has 0 spiro atoms. The molecule has 0 aliphatic heterocycles. The van der Waals surface area contributed by atoms with Gasteiger partial charge in [-0.15, -0.1) is 0 Å². The maximum Gasteiger partial charge on any atom is 0.0110 e. The average molecular weight is 209 g/mol. The molecule has 16 heavy (non-hydrogen) atoms. The summed E-state index contributed by atoms with van der Waals surface area (Å²) in [6.07, 6.45) is 4.05. The standard InChI is InChI=1S/C15H15N/c16-12-6-10-14-9-4-5-11-15(14)13-7-2-1-3-8-13/h1-11H,12,16H2. The molecule has 80 valence electrons. The molecule has 0 saturated carbocycles. The smallest absolute Gasteiger partial charge is 0.0110 e. The van der Waals surface area contributed by atoms with Gasteiger partial charge in [-0.3, -0.25) is 0 Å².